The summed E-state index contributed by atoms with van der Waals surface area (Å²) in [4.78, 5) is 43.2. The summed E-state index contributed by atoms with van der Waals surface area (Å²) < 4.78 is 11.6. The van der Waals surface area contributed by atoms with E-state index >= 15 is 0 Å². The fraction of sp³-hybridized carbons (Fsp3) is 0.300. The largest absolute Gasteiger partial charge is 0.495 e. The van der Waals surface area contributed by atoms with E-state index in [1.807, 2.05) is 13.8 Å². The Labute approximate surface area is 171 Å². The van der Waals surface area contributed by atoms with Crippen LogP contribution in [0.1, 0.15) is 17.4 Å². The lowest BCUT2D eigenvalue weighted by molar-refractivity contribution is -0.153. The minimum atomic E-state index is -1.05. The second-order valence-corrected chi connectivity index (χ2v) is 7.67. The Balaban J connectivity index is 1.68. The highest BCUT2D eigenvalue weighted by Gasteiger charge is 2.20. The number of hydrogen-bond acceptors (Lipinski definition) is 7. The molecule has 29 heavy (non-hydrogen) atoms. The van der Waals surface area contributed by atoms with Crippen molar-refractivity contribution in [2.24, 2.45) is 0 Å². The number of anilines is 1. The second kappa shape index (κ2) is 8.44. The molecule has 1 aromatic carbocycles. The number of carbonyl (C=O) groups is 2. The molecule has 0 bridgehead atoms. The lowest BCUT2D eigenvalue weighted by Gasteiger charge is -2.15. The van der Waals surface area contributed by atoms with Gasteiger partial charge in [0.15, 0.2) is 6.10 Å². The maximum absolute atomic E-state index is 12.7. The van der Waals surface area contributed by atoms with Crippen molar-refractivity contribution in [3.63, 3.8) is 0 Å². The van der Waals surface area contributed by atoms with Gasteiger partial charge in [0.1, 0.15) is 17.1 Å². The third-order valence-corrected chi connectivity index (χ3v) is 5.61. The van der Waals surface area contributed by atoms with Crippen LogP contribution >= 0.6 is 11.3 Å². The minimum absolute atomic E-state index is 0.306. The van der Waals surface area contributed by atoms with Crippen LogP contribution in [0.2, 0.25) is 0 Å². The highest BCUT2D eigenvalue weighted by molar-refractivity contribution is 7.18. The van der Waals surface area contributed by atoms with Crippen LogP contribution in [0.4, 0.5) is 5.69 Å². The van der Waals surface area contributed by atoms with E-state index in [9.17, 15) is 14.4 Å². The molecule has 8 nitrogen and oxygen atoms in total. The number of para-hydroxylation sites is 2. The third-order valence-electron chi connectivity index (χ3n) is 4.50. The summed E-state index contributed by atoms with van der Waals surface area (Å²) in [5, 5.41) is 3.16. The van der Waals surface area contributed by atoms with Gasteiger partial charge in [0.2, 0.25) is 0 Å². The standard InChI is InChI=1S/C20H21N3O5S/c1-11-13(3)29-19-17(11)20(26)23(10-21-19)9-16(24)28-12(2)18(25)22-14-7-5-6-8-15(14)27-4/h5-8,10,12H,9H2,1-4H3,(H,22,25)/t12-/m0/s1. The van der Waals surface area contributed by atoms with E-state index in [0.29, 0.717) is 21.7 Å². The summed E-state index contributed by atoms with van der Waals surface area (Å²) in [7, 11) is 1.49. The van der Waals surface area contributed by atoms with Crippen LogP contribution < -0.4 is 15.6 Å². The minimum Gasteiger partial charge on any atom is -0.495 e. The summed E-state index contributed by atoms with van der Waals surface area (Å²) in [6.45, 7) is 4.90. The fourth-order valence-corrected chi connectivity index (χ4v) is 3.78. The molecule has 3 aromatic rings. The molecule has 0 saturated carbocycles. The number of ether oxygens (including phenoxy) is 2. The molecule has 0 fully saturated rings. The summed E-state index contributed by atoms with van der Waals surface area (Å²) in [6, 6.07) is 6.91. The number of methoxy groups -OCH3 is 1. The second-order valence-electron chi connectivity index (χ2n) is 6.46. The molecular formula is C20H21N3O5S. The van der Waals surface area contributed by atoms with Gasteiger partial charge in [-0.3, -0.25) is 19.0 Å². The van der Waals surface area contributed by atoms with Crippen LogP contribution in [0.15, 0.2) is 35.4 Å². The monoisotopic (exact) mass is 415 g/mol. The molecule has 2 aromatic heterocycles. The molecule has 1 amide bonds. The average molecular weight is 415 g/mol. The Morgan fingerprint density at radius 3 is 2.72 bits per heavy atom. The van der Waals surface area contributed by atoms with E-state index in [4.69, 9.17) is 9.47 Å². The quantitative estimate of drug-likeness (QED) is 0.622. The molecule has 1 N–H and O–H groups in total. The lowest BCUT2D eigenvalue weighted by atomic mass is 10.2. The molecule has 2 heterocycles. The number of thiophene rings is 1. The number of hydrogen-bond donors (Lipinski definition) is 1. The van der Waals surface area contributed by atoms with E-state index in [-0.39, 0.29) is 12.1 Å². The van der Waals surface area contributed by atoms with Gasteiger partial charge in [0, 0.05) is 4.88 Å². The molecule has 152 valence electrons. The van der Waals surface area contributed by atoms with E-state index < -0.39 is 18.0 Å². The van der Waals surface area contributed by atoms with Crippen molar-refractivity contribution in [1.82, 2.24) is 9.55 Å². The van der Waals surface area contributed by atoms with Crippen molar-refractivity contribution in [3.05, 3.63) is 51.4 Å². The normalized spacial score (nSPS) is 11.9. The first-order valence-electron chi connectivity index (χ1n) is 8.90. The predicted molar refractivity (Wildman–Crippen MR) is 111 cm³/mol. The van der Waals surface area contributed by atoms with Crippen LogP contribution in [-0.4, -0.2) is 34.6 Å². The number of rotatable bonds is 6. The molecule has 0 aliphatic heterocycles. The number of aromatic nitrogens is 2. The molecule has 1 atom stereocenters. The van der Waals surface area contributed by atoms with Crippen LogP contribution in [0, 0.1) is 13.8 Å². The number of carbonyl (C=O) groups excluding carboxylic acids is 2. The van der Waals surface area contributed by atoms with Crippen molar-refractivity contribution in [2.45, 2.75) is 33.4 Å². The van der Waals surface area contributed by atoms with Crippen molar-refractivity contribution in [3.8, 4) is 5.75 Å². The summed E-state index contributed by atoms with van der Waals surface area (Å²) in [5.41, 5.74) is 1.02. The number of esters is 1. The van der Waals surface area contributed by atoms with Gasteiger partial charge >= 0.3 is 5.97 Å². The highest BCUT2D eigenvalue weighted by atomic mass is 32.1. The van der Waals surface area contributed by atoms with Gasteiger partial charge in [-0.2, -0.15) is 0 Å². The number of aryl methyl sites for hydroxylation is 2. The molecular weight excluding hydrogens is 394 g/mol. The number of amides is 1. The first-order valence-corrected chi connectivity index (χ1v) is 9.72. The van der Waals surface area contributed by atoms with Crippen molar-refractivity contribution < 1.29 is 19.1 Å². The predicted octanol–water partition coefficient (Wildman–Crippen LogP) is 2.65. The van der Waals surface area contributed by atoms with Crippen LogP contribution in [0.3, 0.4) is 0 Å². The molecule has 0 unspecified atom stereocenters. The SMILES string of the molecule is COc1ccccc1NC(=O)[C@H](C)OC(=O)Cn1cnc2sc(C)c(C)c2c1=O. The van der Waals surface area contributed by atoms with Crippen LogP contribution in [-0.2, 0) is 20.9 Å². The number of nitrogens with zero attached hydrogens (tertiary/aromatic N) is 2. The maximum atomic E-state index is 12.7. The molecule has 0 spiro atoms. The Hall–Kier alpha value is -3.20. The van der Waals surface area contributed by atoms with Crippen molar-refractivity contribution >= 4 is 39.1 Å². The fourth-order valence-electron chi connectivity index (χ4n) is 2.79. The average Bonchev–Trinajstić information content (AvgIpc) is 2.99. The van der Waals surface area contributed by atoms with E-state index in [2.05, 4.69) is 10.3 Å². The van der Waals surface area contributed by atoms with E-state index in [1.165, 1.54) is 36.3 Å². The number of fused-ring (bicyclic) bond motifs is 1. The Morgan fingerprint density at radius 1 is 1.28 bits per heavy atom. The van der Waals surface area contributed by atoms with E-state index in [1.54, 1.807) is 24.3 Å². The van der Waals surface area contributed by atoms with Gasteiger partial charge in [-0.25, -0.2) is 4.98 Å². The lowest BCUT2D eigenvalue weighted by Crippen LogP contribution is -2.33. The Kier molecular flexibility index (Phi) is 5.97. The smallest absolute Gasteiger partial charge is 0.326 e. The molecule has 3 rings (SSSR count). The summed E-state index contributed by atoms with van der Waals surface area (Å²) >= 11 is 1.44. The van der Waals surface area contributed by atoms with Gasteiger partial charge < -0.3 is 14.8 Å². The molecule has 0 saturated heterocycles. The Morgan fingerprint density at radius 2 is 2.00 bits per heavy atom. The number of benzene rings is 1. The maximum Gasteiger partial charge on any atom is 0.326 e. The summed E-state index contributed by atoms with van der Waals surface area (Å²) in [6.07, 6.45) is 0.269. The summed E-state index contributed by atoms with van der Waals surface area (Å²) in [5.74, 6) is -0.722. The zero-order valence-corrected chi connectivity index (χ0v) is 17.3. The first-order chi connectivity index (χ1) is 13.8. The third kappa shape index (κ3) is 4.29. The molecule has 0 aliphatic carbocycles. The van der Waals surface area contributed by atoms with Crippen molar-refractivity contribution in [2.75, 3.05) is 12.4 Å². The van der Waals surface area contributed by atoms with Gasteiger partial charge in [0.05, 0.1) is 24.5 Å². The van der Waals surface area contributed by atoms with Crippen LogP contribution in [0.25, 0.3) is 10.2 Å². The molecule has 9 heteroatoms. The Bertz CT molecular complexity index is 1130. The van der Waals surface area contributed by atoms with Gasteiger partial charge in [-0.15, -0.1) is 11.3 Å². The molecule has 0 radical (unpaired) electrons. The molecule has 0 aliphatic rings. The van der Waals surface area contributed by atoms with E-state index in [0.717, 1.165) is 10.4 Å². The zero-order valence-electron chi connectivity index (χ0n) is 16.5. The van der Waals surface area contributed by atoms with Crippen LogP contribution in [0.5, 0.6) is 5.75 Å². The van der Waals surface area contributed by atoms with Gasteiger partial charge in [0.25, 0.3) is 11.5 Å². The highest BCUT2D eigenvalue weighted by Crippen LogP contribution is 2.25. The first kappa shape index (κ1) is 20.5. The zero-order chi connectivity index (χ0) is 21.1. The number of nitrogens with one attached hydrogen (secondary N) is 1. The topological polar surface area (TPSA) is 99.5 Å². The van der Waals surface area contributed by atoms with Crippen molar-refractivity contribution in [1.29, 1.82) is 0 Å². The van der Waals surface area contributed by atoms with Gasteiger partial charge in [-0.1, -0.05) is 12.1 Å². The van der Waals surface area contributed by atoms with Gasteiger partial charge in [-0.05, 0) is 38.5 Å².